The van der Waals surface area contributed by atoms with Gasteiger partial charge < -0.3 is 57.4 Å². The highest BCUT2D eigenvalue weighted by molar-refractivity contribution is 6.31. The Morgan fingerprint density at radius 1 is 0.963 bits per heavy atom. The van der Waals surface area contributed by atoms with Crippen molar-refractivity contribution in [3.05, 3.63) is 46.2 Å². The van der Waals surface area contributed by atoms with Gasteiger partial charge in [0, 0.05) is 32.6 Å². The molecule has 2 aromatic rings. The molecular formula is C38H63ClN8O7. The number of piperidine rings is 1. The first kappa shape index (κ1) is 45.2. The number of benzene rings is 1. The summed E-state index contributed by atoms with van der Waals surface area (Å²) >= 11 is 5.99. The van der Waals surface area contributed by atoms with Crippen LogP contribution >= 0.6 is 11.6 Å². The first-order valence-corrected chi connectivity index (χ1v) is 19.7. The molecule has 0 spiro atoms. The highest BCUT2D eigenvalue weighted by Crippen LogP contribution is 2.20. The molecule has 15 nitrogen and oxygen atoms in total. The lowest BCUT2D eigenvalue weighted by molar-refractivity contribution is -0.132. The van der Waals surface area contributed by atoms with Gasteiger partial charge in [-0.2, -0.15) is 0 Å². The van der Waals surface area contributed by atoms with Crippen molar-refractivity contribution in [1.82, 2.24) is 30.4 Å². The van der Waals surface area contributed by atoms with Gasteiger partial charge in [-0.3, -0.25) is 9.59 Å². The fraction of sp³-hybridized carbons (Fsp3) is 0.684. The minimum atomic E-state index is -1.67. The van der Waals surface area contributed by atoms with E-state index in [2.05, 4.69) is 46.6 Å². The number of aryl methyl sites for hydroxylation is 1. The Kier molecular flexibility index (Phi) is 19.9. The number of carbonyl (C=O) groups excluding carboxylic acids is 2. The largest absolute Gasteiger partial charge is 0.394 e. The van der Waals surface area contributed by atoms with Crippen LogP contribution in [0.25, 0.3) is 0 Å². The summed E-state index contributed by atoms with van der Waals surface area (Å²) in [5, 5.41) is 56.2. The van der Waals surface area contributed by atoms with Crippen molar-refractivity contribution in [3.8, 4) is 0 Å². The summed E-state index contributed by atoms with van der Waals surface area (Å²) in [6, 6.07) is 8.18. The van der Waals surface area contributed by atoms with Crippen LogP contribution in [-0.4, -0.2) is 140 Å². The van der Waals surface area contributed by atoms with Crippen LogP contribution in [0, 0.1) is 18.8 Å². The molecule has 16 heteroatoms. The van der Waals surface area contributed by atoms with E-state index in [4.69, 9.17) is 28.2 Å². The number of unbranched alkanes of at least 4 members (excludes halogenated alkanes) is 3. The summed E-state index contributed by atoms with van der Waals surface area (Å²) in [5.41, 5.74) is 13.9. The number of nitrogens with zero attached hydrogens (tertiary/aromatic N) is 4. The molecule has 1 aromatic heterocycles. The summed E-state index contributed by atoms with van der Waals surface area (Å²) < 4.78 is 0. The molecule has 5 atom stereocenters. The normalized spacial score (nSPS) is 16.6. The van der Waals surface area contributed by atoms with Gasteiger partial charge in [-0.15, -0.1) is 0 Å². The molecule has 2 heterocycles. The van der Waals surface area contributed by atoms with Crippen molar-refractivity contribution < 1.29 is 35.1 Å². The molecule has 11 N–H and O–H groups in total. The molecule has 0 aliphatic carbocycles. The number of aromatic nitrogens is 2. The molecule has 0 unspecified atom stereocenters. The molecule has 2 amide bonds. The van der Waals surface area contributed by atoms with Gasteiger partial charge in [-0.1, -0.05) is 62.1 Å². The molecule has 1 aromatic carbocycles. The van der Waals surface area contributed by atoms with Crippen LogP contribution in [0.4, 0.5) is 11.6 Å². The lowest BCUT2D eigenvalue weighted by Crippen LogP contribution is -2.50. The molecular weight excluding hydrogens is 716 g/mol. The van der Waals surface area contributed by atoms with Crippen molar-refractivity contribution >= 4 is 35.1 Å². The number of likely N-dealkylation sites (tertiary alicyclic amines) is 1. The van der Waals surface area contributed by atoms with Crippen molar-refractivity contribution in [2.24, 2.45) is 11.8 Å². The SMILES string of the molecule is CCCCCCN(CCCC(=O)N1CCC(CNC[C@H](CNC(=O)c2nc(Cl)c(N)nc2N)Cc2ccccc2C)CC1)C[C@H](O)[C@@H](O)[C@H](O)[C@H](O)CO. The number of carbonyl (C=O) groups is 2. The summed E-state index contributed by atoms with van der Waals surface area (Å²) in [4.78, 5) is 37.9. The molecule has 0 saturated carbocycles. The number of halogens is 1. The molecule has 0 radical (unpaired) electrons. The lowest BCUT2D eigenvalue weighted by atomic mass is 9.94. The van der Waals surface area contributed by atoms with Gasteiger partial charge in [0.25, 0.3) is 5.91 Å². The number of nitrogen functional groups attached to an aromatic ring is 2. The maximum atomic E-state index is 13.2. The maximum absolute atomic E-state index is 13.2. The minimum Gasteiger partial charge on any atom is -0.394 e. The van der Waals surface area contributed by atoms with E-state index in [0.717, 1.165) is 51.5 Å². The second-order valence-electron chi connectivity index (χ2n) is 14.6. The van der Waals surface area contributed by atoms with Crippen molar-refractivity contribution in [3.63, 3.8) is 0 Å². The monoisotopic (exact) mass is 778 g/mol. The van der Waals surface area contributed by atoms with E-state index in [-0.39, 0.29) is 40.9 Å². The predicted octanol–water partition coefficient (Wildman–Crippen LogP) is 1.12. The number of hydrogen-bond acceptors (Lipinski definition) is 13. The van der Waals surface area contributed by atoms with E-state index in [1.165, 1.54) is 11.1 Å². The lowest BCUT2D eigenvalue weighted by Gasteiger charge is -2.33. The zero-order chi connectivity index (χ0) is 39.6. The maximum Gasteiger partial charge on any atom is 0.273 e. The molecule has 1 aliphatic rings. The number of nitrogens with two attached hydrogens (primary N) is 2. The second-order valence-corrected chi connectivity index (χ2v) is 14.9. The topological polar surface area (TPSA) is 244 Å². The van der Waals surface area contributed by atoms with Gasteiger partial charge in [-0.05, 0) is 88.2 Å². The van der Waals surface area contributed by atoms with Crippen LogP contribution in [0.3, 0.4) is 0 Å². The number of anilines is 2. The number of aliphatic hydroxyl groups is 5. The first-order chi connectivity index (χ1) is 25.8. The Hall–Kier alpha value is -3.15. The van der Waals surface area contributed by atoms with Crippen molar-refractivity contribution in [2.45, 2.75) is 96.1 Å². The van der Waals surface area contributed by atoms with Gasteiger partial charge in [0.05, 0.1) is 12.7 Å². The Labute approximate surface area is 324 Å². The smallest absolute Gasteiger partial charge is 0.273 e. The molecule has 1 fully saturated rings. The summed E-state index contributed by atoms with van der Waals surface area (Å²) in [7, 11) is 0. The summed E-state index contributed by atoms with van der Waals surface area (Å²) in [6.07, 6.45) is 1.39. The fourth-order valence-corrected chi connectivity index (χ4v) is 6.91. The number of nitrogens with one attached hydrogen (secondary N) is 2. The zero-order valence-corrected chi connectivity index (χ0v) is 32.6. The molecule has 304 valence electrons. The Bertz CT molecular complexity index is 1430. The number of hydrogen-bond donors (Lipinski definition) is 9. The van der Waals surface area contributed by atoms with Crippen LogP contribution in [0.15, 0.2) is 24.3 Å². The molecule has 1 saturated heterocycles. The van der Waals surface area contributed by atoms with Gasteiger partial charge in [0.15, 0.2) is 22.5 Å². The minimum absolute atomic E-state index is 0.0369. The van der Waals surface area contributed by atoms with Gasteiger partial charge in [0.2, 0.25) is 5.91 Å². The Balaban J connectivity index is 1.46. The predicted molar refractivity (Wildman–Crippen MR) is 210 cm³/mol. The standard InChI is InChI=1S/C38H63ClN8O7/c1-3-4-5-8-15-46(23-29(49)33(52)34(53)30(50)24-48)16-9-12-31(51)47-17-13-26(14-18-47)20-42-21-27(19-28-11-7-6-10-25(28)2)22-43-38(54)32-36(40)45-37(41)35(39)44-32/h6-7,10-11,26-27,29-30,33-34,42,48-50,52-53H,3-5,8-9,12-24H2,1-2H3,(H,43,54)(H4,40,41,45)/t27-,29+,30-,33-,34-/m1/s1. The van der Waals surface area contributed by atoms with Gasteiger partial charge in [-0.25, -0.2) is 9.97 Å². The second kappa shape index (κ2) is 23.7. The van der Waals surface area contributed by atoms with Crippen LogP contribution in [-0.2, 0) is 11.2 Å². The van der Waals surface area contributed by atoms with Crippen LogP contribution < -0.4 is 22.1 Å². The molecule has 3 rings (SSSR count). The van der Waals surface area contributed by atoms with E-state index in [9.17, 15) is 30.0 Å². The van der Waals surface area contributed by atoms with Gasteiger partial charge >= 0.3 is 0 Å². The molecule has 1 aliphatic heterocycles. The van der Waals surface area contributed by atoms with E-state index in [1.54, 1.807) is 0 Å². The van der Waals surface area contributed by atoms with E-state index < -0.39 is 36.9 Å². The zero-order valence-electron chi connectivity index (χ0n) is 31.9. The molecule has 54 heavy (non-hydrogen) atoms. The quantitative estimate of drug-likeness (QED) is 0.0680. The van der Waals surface area contributed by atoms with Gasteiger partial charge in [0.1, 0.15) is 18.3 Å². The van der Waals surface area contributed by atoms with E-state index >= 15 is 0 Å². The first-order valence-electron chi connectivity index (χ1n) is 19.3. The van der Waals surface area contributed by atoms with Crippen molar-refractivity contribution in [1.29, 1.82) is 0 Å². The fourth-order valence-electron chi connectivity index (χ4n) is 6.78. The van der Waals surface area contributed by atoms with E-state index in [0.29, 0.717) is 58.0 Å². The highest BCUT2D eigenvalue weighted by atomic mass is 35.5. The number of aliphatic hydroxyl groups excluding tert-OH is 5. The summed E-state index contributed by atoms with van der Waals surface area (Å²) in [6.45, 7) is 7.95. The average molecular weight is 779 g/mol. The Morgan fingerprint density at radius 2 is 1.65 bits per heavy atom. The number of rotatable bonds is 24. The van der Waals surface area contributed by atoms with Crippen LogP contribution in [0.1, 0.15) is 79.9 Å². The van der Waals surface area contributed by atoms with Crippen LogP contribution in [0.5, 0.6) is 0 Å². The third-order valence-electron chi connectivity index (χ3n) is 10.2. The summed E-state index contributed by atoms with van der Waals surface area (Å²) in [5.74, 6) is -0.0250. The Morgan fingerprint density at radius 3 is 2.33 bits per heavy atom. The van der Waals surface area contributed by atoms with Crippen LogP contribution in [0.2, 0.25) is 5.15 Å². The van der Waals surface area contributed by atoms with Crippen molar-refractivity contribution in [2.75, 3.05) is 70.4 Å². The highest BCUT2D eigenvalue weighted by Gasteiger charge is 2.31. The molecule has 0 bridgehead atoms. The third kappa shape index (κ3) is 14.8. The average Bonchev–Trinajstić information content (AvgIpc) is 3.16. The third-order valence-corrected chi connectivity index (χ3v) is 10.5. The van der Waals surface area contributed by atoms with E-state index in [1.807, 2.05) is 21.9 Å². The number of amides is 2.